The van der Waals surface area contributed by atoms with Crippen molar-refractivity contribution in [2.24, 2.45) is 0 Å². The van der Waals surface area contributed by atoms with Crippen LogP contribution in [0.15, 0.2) is 30.5 Å². The van der Waals surface area contributed by atoms with E-state index in [4.69, 9.17) is 9.84 Å². The molecule has 0 radical (unpaired) electrons. The zero-order valence-corrected chi connectivity index (χ0v) is 10.6. The predicted octanol–water partition coefficient (Wildman–Crippen LogP) is 2.80. The highest BCUT2D eigenvalue weighted by Gasteiger charge is 2.14. The van der Waals surface area contributed by atoms with Gasteiger partial charge in [0, 0.05) is 11.9 Å². The molecule has 1 N–H and O–H groups in total. The molecule has 0 amide bonds. The number of aryl methyl sites for hydroxylation is 1. The van der Waals surface area contributed by atoms with Crippen molar-refractivity contribution in [1.29, 1.82) is 0 Å². The average Bonchev–Trinajstić information content (AvgIpc) is 2.71. The van der Waals surface area contributed by atoms with E-state index in [1.54, 1.807) is 26.3 Å². The Hall–Kier alpha value is -2.23. The minimum atomic E-state index is -0.919. The summed E-state index contributed by atoms with van der Waals surface area (Å²) in [4.78, 5) is 11.0. The van der Waals surface area contributed by atoms with E-state index in [9.17, 15) is 4.79 Å². The van der Waals surface area contributed by atoms with Crippen molar-refractivity contribution < 1.29 is 14.6 Å². The van der Waals surface area contributed by atoms with Crippen molar-refractivity contribution in [1.82, 2.24) is 4.57 Å². The zero-order valence-electron chi connectivity index (χ0n) is 10.6. The molecule has 0 saturated heterocycles. The second kappa shape index (κ2) is 4.56. The Kier molecular flexibility index (Phi) is 3.10. The lowest BCUT2D eigenvalue weighted by atomic mass is 10.2. The maximum absolute atomic E-state index is 11.0. The second-order valence-corrected chi connectivity index (χ2v) is 4.17. The lowest BCUT2D eigenvalue weighted by molar-refractivity contribution is 0.0696. The van der Waals surface area contributed by atoms with Crippen LogP contribution in [0.2, 0.25) is 0 Å². The summed E-state index contributed by atoms with van der Waals surface area (Å²) in [6, 6.07) is 7.40. The molecule has 1 aromatic carbocycles. The summed E-state index contributed by atoms with van der Waals surface area (Å²) in [5, 5.41) is 9.06. The molecule has 0 bridgehead atoms. The molecular weight excluding hydrogens is 230 g/mol. The largest absolute Gasteiger partial charge is 0.495 e. The summed E-state index contributed by atoms with van der Waals surface area (Å²) >= 11 is 0. The molecule has 0 unspecified atom stereocenters. The number of ether oxygens (including phenoxy) is 1. The van der Waals surface area contributed by atoms with Gasteiger partial charge in [0.1, 0.15) is 5.75 Å². The van der Waals surface area contributed by atoms with Crippen LogP contribution in [0.5, 0.6) is 5.75 Å². The third kappa shape index (κ3) is 1.97. The number of methoxy groups -OCH3 is 1. The first-order valence-corrected chi connectivity index (χ1v) is 5.61. The van der Waals surface area contributed by atoms with E-state index >= 15 is 0 Å². The van der Waals surface area contributed by atoms with Gasteiger partial charge in [-0.15, -0.1) is 0 Å². The van der Waals surface area contributed by atoms with Crippen molar-refractivity contribution in [2.45, 2.75) is 13.8 Å². The molecule has 0 atom stereocenters. The van der Waals surface area contributed by atoms with Gasteiger partial charge in [-0.3, -0.25) is 0 Å². The molecule has 1 heterocycles. The van der Waals surface area contributed by atoms with Gasteiger partial charge in [-0.2, -0.15) is 0 Å². The van der Waals surface area contributed by atoms with Gasteiger partial charge in [0.15, 0.2) is 0 Å². The number of rotatable bonds is 3. The smallest absolute Gasteiger partial charge is 0.337 e. The molecule has 4 heteroatoms. The fourth-order valence-corrected chi connectivity index (χ4v) is 1.99. The van der Waals surface area contributed by atoms with E-state index in [0.29, 0.717) is 11.3 Å². The van der Waals surface area contributed by atoms with Gasteiger partial charge in [-0.1, -0.05) is 6.07 Å². The molecule has 0 aliphatic rings. The van der Waals surface area contributed by atoms with Gasteiger partial charge in [-0.25, -0.2) is 4.79 Å². The second-order valence-electron chi connectivity index (χ2n) is 4.17. The van der Waals surface area contributed by atoms with Crippen LogP contribution in [-0.4, -0.2) is 22.8 Å². The van der Waals surface area contributed by atoms with E-state index in [-0.39, 0.29) is 0 Å². The molecule has 4 nitrogen and oxygen atoms in total. The lowest BCUT2D eigenvalue weighted by Gasteiger charge is -2.12. The van der Waals surface area contributed by atoms with Gasteiger partial charge in [0.05, 0.1) is 18.4 Å². The number of carboxylic acid groups (broad SMARTS) is 1. The topological polar surface area (TPSA) is 51.5 Å². The molecule has 94 valence electrons. The first-order valence-electron chi connectivity index (χ1n) is 5.61. The number of benzene rings is 1. The number of carbonyl (C=O) groups is 1. The van der Waals surface area contributed by atoms with Crippen LogP contribution in [0.4, 0.5) is 0 Å². The molecule has 0 saturated carbocycles. The maximum Gasteiger partial charge on any atom is 0.337 e. The number of hydrogen-bond donors (Lipinski definition) is 1. The zero-order chi connectivity index (χ0) is 13.3. The van der Waals surface area contributed by atoms with Crippen molar-refractivity contribution in [3.8, 4) is 11.4 Å². The number of aromatic nitrogens is 1. The average molecular weight is 245 g/mol. The van der Waals surface area contributed by atoms with Crippen LogP contribution >= 0.6 is 0 Å². The highest BCUT2D eigenvalue weighted by atomic mass is 16.5. The van der Waals surface area contributed by atoms with Gasteiger partial charge in [0.2, 0.25) is 0 Å². The molecule has 0 spiro atoms. The van der Waals surface area contributed by atoms with Gasteiger partial charge in [0.25, 0.3) is 0 Å². The third-order valence-electron chi connectivity index (χ3n) is 2.97. The third-order valence-corrected chi connectivity index (χ3v) is 2.97. The van der Waals surface area contributed by atoms with Crippen LogP contribution in [0, 0.1) is 13.8 Å². The fraction of sp³-hybridized carbons (Fsp3) is 0.214. The van der Waals surface area contributed by atoms with E-state index in [2.05, 4.69) is 0 Å². The quantitative estimate of drug-likeness (QED) is 0.904. The summed E-state index contributed by atoms with van der Waals surface area (Å²) in [5.74, 6) is -0.200. The van der Waals surface area contributed by atoms with Crippen LogP contribution in [0.3, 0.4) is 0 Å². The molecule has 18 heavy (non-hydrogen) atoms. The van der Waals surface area contributed by atoms with Crippen molar-refractivity contribution in [3.05, 3.63) is 47.3 Å². The normalized spacial score (nSPS) is 10.4. The Labute approximate surface area is 105 Å². The molecular formula is C14H15NO3. The van der Waals surface area contributed by atoms with Crippen LogP contribution < -0.4 is 4.74 Å². The Balaban J connectivity index is 2.61. The van der Waals surface area contributed by atoms with Crippen LogP contribution in [0.1, 0.15) is 21.6 Å². The first-order chi connectivity index (χ1) is 8.54. The fourth-order valence-electron chi connectivity index (χ4n) is 1.99. The molecule has 0 aliphatic heterocycles. The Morgan fingerprint density at radius 1 is 1.28 bits per heavy atom. The highest BCUT2D eigenvalue weighted by molar-refractivity contribution is 5.89. The summed E-state index contributed by atoms with van der Waals surface area (Å²) < 4.78 is 7.14. The van der Waals surface area contributed by atoms with Crippen molar-refractivity contribution in [2.75, 3.05) is 7.11 Å². The Morgan fingerprint density at radius 3 is 2.56 bits per heavy atom. The number of hydrogen-bond acceptors (Lipinski definition) is 2. The van der Waals surface area contributed by atoms with Gasteiger partial charge in [-0.05, 0) is 37.6 Å². The van der Waals surface area contributed by atoms with E-state index in [0.717, 1.165) is 17.0 Å². The summed E-state index contributed by atoms with van der Waals surface area (Å²) in [7, 11) is 1.60. The van der Waals surface area contributed by atoms with E-state index in [1.807, 2.05) is 29.7 Å². The lowest BCUT2D eigenvalue weighted by Crippen LogP contribution is -2.03. The van der Waals surface area contributed by atoms with E-state index in [1.165, 1.54) is 0 Å². The van der Waals surface area contributed by atoms with Crippen LogP contribution in [-0.2, 0) is 0 Å². The summed E-state index contributed by atoms with van der Waals surface area (Å²) in [6.07, 6.45) is 1.75. The number of aromatic carboxylic acids is 1. The standard InChI is InChI=1S/C14H15NO3/c1-9-4-5-13(18-3)12(8-9)15-7-6-11(10(15)2)14(16)17/h4-8H,1-3H3,(H,16,17). The first kappa shape index (κ1) is 12.2. The number of carboxylic acids is 1. The molecule has 0 fully saturated rings. The highest BCUT2D eigenvalue weighted by Crippen LogP contribution is 2.26. The SMILES string of the molecule is COc1ccc(C)cc1-n1ccc(C(=O)O)c1C. The van der Waals surface area contributed by atoms with Crippen molar-refractivity contribution >= 4 is 5.97 Å². The predicted molar refractivity (Wildman–Crippen MR) is 68.8 cm³/mol. The Morgan fingerprint density at radius 2 is 2.00 bits per heavy atom. The summed E-state index contributed by atoms with van der Waals surface area (Å²) in [5.41, 5.74) is 2.93. The maximum atomic E-state index is 11.0. The molecule has 2 aromatic rings. The van der Waals surface area contributed by atoms with Gasteiger partial charge >= 0.3 is 5.97 Å². The Bertz CT molecular complexity index is 599. The minimum absolute atomic E-state index is 0.304. The number of nitrogens with zero attached hydrogens (tertiary/aromatic N) is 1. The molecule has 0 aliphatic carbocycles. The van der Waals surface area contributed by atoms with Crippen molar-refractivity contribution in [3.63, 3.8) is 0 Å². The minimum Gasteiger partial charge on any atom is -0.495 e. The summed E-state index contributed by atoms with van der Waals surface area (Å²) in [6.45, 7) is 3.77. The van der Waals surface area contributed by atoms with Crippen LogP contribution in [0.25, 0.3) is 5.69 Å². The molecule has 1 aromatic heterocycles. The molecule has 2 rings (SSSR count). The van der Waals surface area contributed by atoms with Gasteiger partial charge < -0.3 is 14.4 Å². The van der Waals surface area contributed by atoms with E-state index < -0.39 is 5.97 Å². The monoisotopic (exact) mass is 245 g/mol.